The molecule has 0 radical (unpaired) electrons. The molecule has 2 nitrogen and oxygen atoms in total. The van der Waals surface area contributed by atoms with Crippen LogP contribution < -0.4 is 5.32 Å². The molecule has 13 heavy (non-hydrogen) atoms. The number of carbonyl (C=O) groups is 1. The van der Waals surface area contributed by atoms with Crippen LogP contribution in [0.5, 0.6) is 0 Å². The van der Waals surface area contributed by atoms with E-state index in [9.17, 15) is 4.79 Å². The van der Waals surface area contributed by atoms with E-state index >= 15 is 0 Å². The highest BCUT2D eigenvalue weighted by Gasteiger charge is 2.25. The van der Waals surface area contributed by atoms with Crippen LogP contribution in [0.25, 0.3) is 0 Å². The number of amides is 1. The van der Waals surface area contributed by atoms with Crippen molar-refractivity contribution < 1.29 is 4.79 Å². The van der Waals surface area contributed by atoms with Gasteiger partial charge in [0.1, 0.15) is 0 Å². The molecule has 1 saturated carbocycles. The molecule has 2 atom stereocenters. The summed E-state index contributed by atoms with van der Waals surface area (Å²) >= 11 is 3.27. The van der Waals surface area contributed by atoms with Crippen LogP contribution >= 0.6 is 15.9 Å². The molecule has 3 heteroatoms. The maximum Gasteiger partial charge on any atom is 0.233 e. The van der Waals surface area contributed by atoms with E-state index in [0.717, 1.165) is 12.3 Å². The van der Waals surface area contributed by atoms with E-state index < -0.39 is 0 Å². The molecular formula is C10H18BrNO. The van der Waals surface area contributed by atoms with Gasteiger partial charge in [-0.2, -0.15) is 0 Å². The summed E-state index contributed by atoms with van der Waals surface area (Å²) in [4.78, 5) is 11.3. The lowest BCUT2D eigenvalue weighted by atomic mass is 10.1. The number of rotatable bonds is 5. The van der Waals surface area contributed by atoms with Gasteiger partial charge in [0.25, 0.3) is 0 Å². The van der Waals surface area contributed by atoms with Crippen molar-refractivity contribution in [3.63, 3.8) is 0 Å². The van der Waals surface area contributed by atoms with Gasteiger partial charge in [-0.3, -0.25) is 4.79 Å². The Labute approximate surface area is 88.6 Å². The van der Waals surface area contributed by atoms with E-state index in [0.29, 0.717) is 6.04 Å². The van der Waals surface area contributed by atoms with Crippen molar-refractivity contribution in [1.82, 2.24) is 5.32 Å². The fraction of sp³-hybridized carbons (Fsp3) is 0.900. The molecule has 0 bridgehead atoms. The largest absolute Gasteiger partial charge is 0.352 e. The van der Waals surface area contributed by atoms with Crippen LogP contribution in [-0.2, 0) is 4.79 Å². The van der Waals surface area contributed by atoms with Crippen LogP contribution in [0.15, 0.2) is 0 Å². The molecule has 76 valence electrons. The third-order valence-corrected chi connectivity index (χ3v) is 2.93. The summed E-state index contributed by atoms with van der Waals surface area (Å²) in [6.07, 6.45) is 4.93. The molecule has 0 aromatic rings. The van der Waals surface area contributed by atoms with Gasteiger partial charge < -0.3 is 5.32 Å². The molecule has 1 fully saturated rings. The first-order chi connectivity index (χ1) is 6.13. The van der Waals surface area contributed by atoms with E-state index in [1.165, 1.54) is 19.3 Å². The van der Waals surface area contributed by atoms with E-state index in [2.05, 4.69) is 28.2 Å². The van der Waals surface area contributed by atoms with E-state index in [-0.39, 0.29) is 10.7 Å². The van der Waals surface area contributed by atoms with Crippen LogP contribution in [0.1, 0.15) is 39.5 Å². The van der Waals surface area contributed by atoms with Crippen molar-refractivity contribution in [1.29, 1.82) is 0 Å². The zero-order chi connectivity index (χ0) is 9.84. The zero-order valence-electron chi connectivity index (χ0n) is 8.35. The standard InChI is InChI=1S/C10H18BrNO/c1-3-9(6-8-4-5-8)12-10(13)7(2)11/h7-9H,3-6H2,1-2H3,(H,12,13). The van der Waals surface area contributed by atoms with Gasteiger partial charge in [0.15, 0.2) is 0 Å². The molecule has 1 aliphatic rings. The second kappa shape index (κ2) is 4.99. The van der Waals surface area contributed by atoms with Gasteiger partial charge in [0.05, 0.1) is 4.83 Å². The molecule has 0 heterocycles. The minimum absolute atomic E-state index is 0.0687. The molecule has 0 aromatic carbocycles. The summed E-state index contributed by atoms with van der Waals surface area (Å²) in [5.41, 5.74) is 0. The third kappa shape index (κ3) is 4.12. The Bertz CT molecular complexity index is 178. The van der Waals surface area contributed by atoms with E-state index in [1.807, 2.05) is 6.92 Å². The molecule has 1 amide bonds. The fourth-order valence-electron chi connectivity index (χ4n) is 1.40. The SMILES string of the molecule is CCC(CC1CC1)NC(=O)C(C)Br. The van der Waals surface area contributed by atoms with Gasteiger partial charge >= 0.3 is 0 Å². The average Bonchev–Trinajstić information content (AvgIpc) is 2.86. The van der Waals surface area contributed by atoms with Gasteiger partial charge in [-0.1, -0.05) is 35.7 Å². The highest BCUT2D eigenvalue weighted by Crippen LogP contribution is 2.34. The fourth-order valence-corrected chi connectivity index (χ4v) is 1.53. The maximum absolute atomic E-state index is 11.4. The Balaban J connectivity index is 2.25. The highest BCUT2D eigenvalue weighted by molar-refractivity contribution is 9.10. The topological polar surface area (TPSA) is 29.1 Å². The second-order valence-corrected chi connectivity index (χ2v) is 5.28. The molecule has 1 N–H and O–H groups in total. The second-order valence-electron chi connectivity index (χ2n) is 3.91. The predicted octanol–water partition coefficient (Wildman–Crippen LogP) is 2.46. The molecule has 2 unspecified atom stereocenters. The molecular weight excluding hydrogens is 230 g/mol. The summed E-state index contributed by atoms with van der Waals surface area (Å²) in [5.74, 6) is 1.00. The number of halogens is 1. The number of carbonyl (C=O) groups excluding carboxylic acids is 1. The van der Waals surface area contributed by atoms with Crippen LogP contribution in [-0.4, -0.2) is 16.8 Å². The Morgan fingerprint density at radius 3 is 2.62 bits per heavy atom. The summed E-state index contributed by atoms with van der Waals surface area (Å²) in [6, 6.07) is 0.389. The highest BCUT2D eigenvalue weighted by atomic mass is 79.9. The molecule has 1 aliphatic carbocycles. The first-order valence-corrected chi connectivity index (χ1v) is 5.99. The molecule has 0 aliphatic heterocycles. The first-order valence-electron chi connectivity index (χ1n) is 5.08. The monoisotopic (exact) mass is 247 g/mol. The van der Waals surface area contributed by atoms with Crippen molar-refractivity contribution in [2.24, 2.45) is 5.92 Å². The molecule has 0 spiro atoms. The molecule has 0 aromatic heterocycles. The van der Waals surface area contributed by atoms with Crippen LogP contribution in [0.4, 0.5) is 0 Å². The summed E-state index contributed by atoms with van der Waals surface area (Å²) < 4.78 is 0. The Morgan fingerprint density at radius 2 is 2.23 bits per heavy atom. The predicted molar refractivity (Wildman–Crippen MR) is 58.0 cm³/mol. The van der Waals surface area contributed by atoms with Crippen LogP contribution in [0, 0.1) is 5.92 Å². The lowest BCUT2D eigenvalue weighted by Crippen LogP contribution is -2.38. The van der Waals surface area contributed by atoms with Crippen molar-refractivity contribution in [3.05, 3.63) is 0 Å². The van der Waals surface area contributed by atoms with Gasteiger partial charge in [-0.05, 0) is 25.7 Å². The minimum atomic E-state index is -0.0687. The van der Waals surface area contributed by atoms with Crippen molar-refractivity contribution in [2.75, 3.05) is 0 Å². The quantitative estimate of drug-likeness (QED) is 0.744. The minimum Gasteiger partial charge on any atom is -0.352 e. The summed E-state index contributed by atoms with van der Waals surface area (Å²) in [7, 11) is 0. The Morgan fingerprint density at radius 1 is 1.62 bits per heavy atom. The lowest BCUT2D eigenvalue weighted by Gasteiger charge is -2.17. The first kappa shape index (κ1) is 11.0. The number of hydrogen-bond acceptors (Lipinski definition) is 1. The van der Waals surface area contributed by atoms with Gasteiger partial charge in [0.2, 0.25) is 5.91 Å². The number of alkyl halides is 1. The molecule has 1 rings (SSSR count). The Kier molecular flexibility index (Phi) is 4.23. The average molecular weight is 248 g/mol. The van der Waals surface area contributed by atoms with Gasteiger partial charge in [-0.25, -0.2) is 0 Å². The zero-order valence-corrected chi connectivity index (χ0v) is 9.93. The lowest BCUT2D eigenvalue weighted by molar-refractivity contribution is -0.120. The van der Waals surface area contributed by atoms with E-state index in [1.54, 1.807) is 0 Å². The Hall–Kier alpha value is -0.0500. The normalized spacial score (nSPS) is 20.8. The summed E-state index contributed by atoms with van der Waals surface area (Å²) in [6.45, 7) is 3.99. The molecule has 0 saturated heterocycles. The van der Waals surface area contributed by atoms with Gasteiger partial charge in [-0.15, -0.1) is 0 Å². The van der Waals surface area contributed by atoms with Crippen molar-refractivity contribution in [3.8, 4) is 0 Å². The third-order valence-electron chi connectivity index (χ3n) is 2.52. The van der Waals surface area contributed by atoms with Crippen LogP contribution in [0.3, 0.4) is 0 Å². The van der Waals surface area contributed by atoms with Crippen LogP contribution in [0.2, 0.25) is 0 Å². The number of nitrogens with one attached hydrogen (secondary N) is 1. The van der Waals surface area contributed by atoms with E-state index in [4.69, 9.17) is 0 Å². The number of hydrogen-bond donors (Lipinski definition) is 1. The van der Waals surface area contributed by atoms with Gasteiger partial charge in [0, 0.05) is 6.04 Å². The smallest absolute Gasteiger partial charge is 0.233 e. The summed E-state index contributed by atoms with van der Waals surface area (Å²) in [5, 5.41) is 3.05. The van der Waals surface area contributed by atoms with Crippen molar-refractivity contribution >= 4 is 21.8 Å². The maximum atomic E-state index is 11.4. The van der Waals surface area contributed by atoms with Crippen molar-refractivity contribution in [2.45, 2.75) is 50.4 Å².